The summed E-state index contributed by atoms with van der Waals surface area (Å²) in [5, 5.41) is 13.8. The van der Waals surface area contributed by atoms with Crippen LogP contribution in [0.25, 0.3) is 0 Å². The van der Waals surface area contributed by atoms with Crippen molar-refractivity contribution < 1.29 is 14.6 Å². The standard InChI is InChI=1S/C21H35NO3/c1-7-17(14-13-16-11-9-8-10-12-16)19(23)18(15(2)3)22-20(24)25-21(4,5)6/h8-12,15,17-19,23H,7,13-14H2,1-6H3,(H,22,24)/t17-,18+,19+/m0/s1. The molecule has 0 saturated carbocycles. The Morgan fingerprint density at radius 1 is 1.20 bits per heavy atom. The zero-order chi connectivity index (χ0) is 19.0. The van der Waals surface area contributed by atoms with E-state index < -0.39 is 17.8 Å². The molecule has 0 fully saturated rings. The number of aryl methyl sites for hydroxylation is 1. The third-order valence-electron chi connectivity index (χ3n) is 4.42. The van der Waals surface area contributed by atoms with E-state index in [2.05, 4.69) is 24.4 Å². The third kappa shape index (κ3) is 7.91. The summed E-state index contributed by atoms with van der Waals surface area (Å²) >= 11 is 0. The van der Waals surface area contributed by atoms with Crippen LogP contribution in [0.3, 0.4) is 0 Å². The summed E-state index contributed by atoms with van der Waals surface area (Å²) in [5.74, 6) is 0.246. The number of amides is 1. The lowest BCUT2D eigenvalue weighted by atomic mass is 9.84. The topological polar surface area (TPSA) is 58.6 Å². The van der Waals surface area contributed by atoms with Crippen LogP contribution in [0.4, 0.5) is 4.79 Å². The van der Waals surface area contributed by atoms with Crippen molar-refractivity contribution in [2.24, 2.45) is 11.8 Å². The number of aliphatic hydroxyl groups is 1. The van der Waals surface area contributed by atoms with Crippen LogP contribution in [0.15, 0.2) is 30.3 Å². The summed E-state index contributed by atoms with van der Waals surface area (Å²) in [6.07, 6.45) is 1.62. The van der Waals surface area contributed by atoms with E-state index in [1.165, 1.54) is 5.56 Å². The van der Waals surface area contributed by atoms with E-state index in [1.54, 1.807) is 0 Å². The highest BCUT2D eigenvalue weighted by Crippen LogP contribution is 2.23. The molecule has 0 heterocycles. The van der Waals surface area contributed by atoms with Gasteiger partial charge in [0.1, 0.15) is 5.60 Å². The molecule has 4 heteroatoms. The number of alkyl carbamates (subject to hydrolysis) is 1. The van der Waals surface area contributed by atoms with Crippen LogP contribution in [0.5, 0.6) is 0 Å². The van der Waals surface area contributed by atoms with Crippen molar-refractivity contribution in [3.8, 4) is 0 Å². The highest BCUT2D eigenvalue weighted by molar-refractivity contribution is 5.68. The number of nitrogens with one attached hydrogen (secondary N) is 1. The SMILES string of the molecule is CC[C@@H](CCc1ccccc1)[C@@H](O)[C@H](NC(=O)OC(C)(C)C)C(C)C. The lowest BCUT2D eigenvalue weighted by Gasteiger charge is -2.33. The Labute approximate surface area is 153 Å². The Morgan fingerprint density at radius 2 is 1.80 bits per heavy atom. The Balaban J connectivity index is 2.70. The number of carbonyl (C=O) groups is 1. The van der Waals surface area contributed by atoms with Crippen LogP contribution in [-0.2, 0) is 11.2 Å². The summed E-state index contributed by atoms with van der Waals surface area (Å²) in [5.41, 5.74) is 0.725. The maximum absolute atomic E-state index is 12.1. The normalized spacial score (nSPS) is 15.5. The predicted molar refractivity (Wildman–Crippen MR) is 103 cm³/mol. The van der Waals surface area contributed by atoms with E-state index >= 15 is 0 Å². The third-order valence-corrected chi connectivity index (χ3v) is 4.42. The van der Waals surface area contributed by atoms with E-state index in [9.17, 15) is 9.90 Å². The van der Waals surface area contributed by atoms with Gasteiger partial charge in [0.25, 0.3) is 0 Å². The summed E-state index contributed by atoms with van der Waals surface area (Å²) in [6.45, 7) is 11.6. The molecule has 1 aromatic carbocycles. The smallest absolute Gasteiger partial charge is 0.407 e. The van der Waals surface area contributed by atoms with E-state index in [0.717, 1.165) is 19.3 Å². The van der Waals surface area contributed by atoms with E-state index in [-0.39, 0.29) is 17.9 Å². The number of carbonyl (C=O) groups excluding carboxylic acids is 1. The first-order valence-corrected chi connectivity index (χ1v) is 9.35. The highest BCUT2D eigenvalue weighted by atomic mass is 16.6. The quantitative estimate of drug-likeness (QED) is 0.723. The second-order valence-corrected chi connectivity index (χ2v) is 8.10. The molecule has 0 radical (unpaired) electrons. The average molecular weight is 350 g/mol. The van der Waals surface area contributed by atoms with Gasteiger partial charge in [0, 0.05) is 0 Å². The highest BCUT2D eigenvalue weighted by Gasteiger charge is 2.31. The molecule has 0 aliphatic heterocycles. The van der Waals surface area contributed by atoms with Crippen LogP contribution >= 0.6 is 0 Å². The fraction of sp³-hybridized carbons (Fsp3) is 0.667. The van der Waals surface area contributed by atoms with Gasteiger partial charge in [-0.05, 0) is 51.0 Å². The molecule has 1 rings (SSSR count). The predicted octanol–water partition coefficient (Wildman–Crippen LogP) is 4.56. The number of benzene rings is 1. The van der Waals surface area contributed by atoms with Crippen molar-refractivity contribution in [2.45, 2.75) is 78.6 Å². The van der Waals surface area contributed by atoms with Crippen molar-refractivity contribution in [3.05, 3.63) is 35.9 Å². The van der Waals surface area contributed by atoms with Gasteiger partial charge in [-0.1, -0.05) is 57.5 Å². The van der Waals surface area contributed by atoms with Crippen LogP contribution in [0, 0.1) is 11.8 Å². The molecule has 0 aromatic heterocycles. The average Bonchev–Trinajstić information content (AvgIpc) is 2.52. The summed E-state index contributed by atoms with van der Waals surface area (Å²) in [6, 6.07) is 9.97. The van der Waals surface area contributed by atoms with Crippen LogP contribution in [0.1, 0.15) is 59.9 Å². The molecule has 142 valence electrons. The molecule has 0 bridgehead atoms. The van der Waals surface area contributed by atoms with Gasteiger partial charge in [0.15, 0.2) is 0 Å². The zero-order valence-corrected chi connectivity index (χ0v) is 16.6. The molecular weight excluding hydrogens is 314 g/mol. The van der Waals surface area contributed by atoms with Gasteiger partial charge < -0.3 is 15.2 Å². The number of rotatable bonds is 8. The molecular formula is C21H35NO3. The monoisotopic (exact) mass is 349 g/mol. The molecule has 0 aliphatic carbocycles. The zero-order valence-electron chi connectivity index (χ0n) is 16.6. The molecule has 0 unspecified atom stereocenters. The van der Waals surface area contributed by atoms with Crippen LogP contribution in [-0.4, -0.2) is 28.9 Å². The Morgan fingerprint density at radius 3 is 2.28 bits per heavy atom. The number of aliphatic hydroxyl groups excluding tert-OH is 1. The van der Waals surface area contributed by atoms with E-state index in [4.69, 9.17) is 4.74 Å². The van der Waals surface area contributed by atoms with E-state index in [1.807, 2.05) is 52.8 Å². The second kappa shape index (κ2) is 9.81. The van der Waals surface area contributed by atoms with Gasteiger partial charge in [-0.15, -0.1) is 0 Å². The Kier molecular flexibility index (Phi) is 8.43. The van der Waals surface area contributed by atoms with Crippen LogP contribution < -0.4 is 5.32 Å². The Hall–Kier alpha value is -1.55. The Bertz CT molecular complexity index is 508. The first kappa shape index (κ1) is 21.5. The largest absolute Gasteiger partial charge is 0.444 e. The lowest BCUT2D eigenvalue weighted by Crippen LogP contribution is -2.50. The fourth-order valence-electron chi connectivity index (χ4n) is 3.00. The minimum atomic E-state index is -0.596. The molecule has 1 amide bonds. The minimum Gasteiger partial charge on any atom is -0.444 e. The summed E-state index contributed by atoms with van der Waals surface area (Å²) in [4.78, 5) is 12.1. The summed E-state index contributed by atoms with van der Waals surface area (Å²) < 4.78 is 5.35. The van der Waals surface area contributed by atoms with Crippen LogP contribution in [0.2, 0.25) is 0 Å². The maximum atomic E-state index is 12.1. The molecule has 25 heavy (non-hydrogen) atoms. The van der Waals surface area contributed by atoms with Gasteiger partial charge >= 0.3 is 6.09 Å². The molecule has 2 N–H and O–H groups in total. The fourth-order valence-corrected chi connectivity index (χ4v) is 3.00. The van der Waals surface area contributed by atoms with Gasteiger partial charge in [0.2, 0.25) is 0 Å². The number of ether oxygens (including phenoxy) is 1. The van der Waals surface area contributed by atoms with Gasteiger partial charge in [-0.25, -0.2) is 4.79 Å². The van der Waals surface area contributed by atoms with E-state index in [0.29, 0.717) is 0 Å². The van der Waals surface area contributed by atoms with Crippen molar-refractivity contribution in [2.75, 3.05) is 0 Å². The lowest BCUT2D eigenvalue weighted by molar-refractivity contribution is 0.0212. The van der Waals surface area contributed by atoms with Gasteiger partial charge in [0.05, 0.1) is 12.1 Å². The molecule has 0 spiro atoms. The molecule has 4 nitrogen and oxygen atoms in total. The maximum Gasteiger partial charge on any atom is 0.407 e. The first-order valence-electron chi connectivity index (χ1n) is 9.35. The molecule has 0 saturated heterocycles. The number of hydrogen-bond donors (Lipinski definition) is 2. The van der Waals surface area contributed by atoms with Crippen molar-refractivity contribution in [1.82, 2.24) is 5.32 Å². The van der Waals surface area contributed by atoms with Gasteiger partial charge in [-0.2, -0.15) is 0 Å². The van der Waals surface area contributed by atoms with Crippen molar-refractivity contribution >= 4 is 6.09 Å². The summed E-state index contributed by atoms with van der Waals surface area (Å²) in [7, 11) is 0. The minimum absolute atomic E-state index is 0.119. The number of hydrogen-bond acceptors (Lipinski definition) is 3. The molecule has 0 aliphatic rings. The van der Waals surface area contributed by atoms with Gasteiger partial charge in [-0.3, -0.25) is 0 Å². The van der Waals surface area contributed by atoms with Crippen molar-refractivity contribution in [1.29, 1.82) is 0 Å². The van der Waals surface area contributed by atoms with Crippen molar-refractivity contribution in [3.63, 3.8) is 0 Å². The molecule has 3 atom stereocenters. The first-order chi connectivity index (χ1) is 11.6. The second-order valence-electron chi connectivity index (χ2n) is 8.10. The molecule has 1 aromatic rings.